The summed E-state index contributed by atoms with van der Waals surface area (Å²) in [5.41, 5.74) is 0. The van der Waals surface area contributed by atoms with Crippen LogP contribution in [0, 0.1) is 0 Å². The normalized spacial score (nSPS) is 10.5. The Morgan fingerprint density at radius 1 is 1.44 bits per heavy atom. The summed E-state index contributed by atoms with van der Waals surface area (Å²) >= 11 is 15.3. The largest absolute Gasteiger partial charge is 0.383 e. The first-order valence-corrected chi connectivity index (χ1v) is 6.67. The average Bonchev–Trinajstić information content (AvgIpc) is 2.25. The third kappa shape index (κ3) is 4.09. The molecule has 0 radical (unpaired) electrons. The molecular formula is C10H13BrCl2N2O. The van der Waals surface area contributed by atoms with Gasteiger partial charge in [0.25, 0.3) is 0 Å². The highest BCUT2D eigenvalue weighted by Crippen LogP contribution is 2.25. The van der Waals surface area contributed by atoms with E-state index in [4.69, 9.17) is 27.9 Å². The van der Waals surface area contributed by atoms with Gasteiger partial charge in [-0.2, -0.15) is 0 Å². The Morgan fingerprint density at radius 2 is 2.19 bits per heavy atom. The van der Waals surface area contributed by atoms with Gasteiger partial charge in [-0.05, 0) is 6.07 Å². The molecule has 0 fully saturated rings. The summed E-state index contributed by atoms with van der Waals surface area (Å²) in [6.45, 7) is 2.20. The van der Waals surface area contributed by atoms with Crippen molar-refractivity contribution < 1.29 is 4.74 Å². The predicted molar refractivity (Wildman–Crippen MR) is 72.1 cm³/mol. The molecule has 16 heavy (non-hydrogen) atoms. The van der Waals surface area contributed by atoms with Crippen molar-refractivity contribution in [2.24, 2.45) is 0 Å². The first kappa shape index (κ1) is 14.0. The van der Waals surface area contributed by atoms with Crippen LogP contribution in [-0.2, 0) is 4.74 Å². The van der Waals surface area contributed by atoms with E-state index in [1.807, 2.05) is 0 Å². The molecule has 0 N–H and O–H groups in total. The Hall–Kier alpha value is -0.0300. The fraction of sp³-hybridized carbons (Fsp3) is 0.500. The first-order chi connectivity index (χ1) is 7.69. The number of aromatic nitrogens is 1. The number of rotatable bonds is 6. The summed E-state index contributed by atoms with van der Waals surface area (Å²) in [7, 11) is 1.67. The SMILES string of the molecule is COCCN(CCBr)c1ncc(Cl)cc1Cl. The van der Waals surface area contributed by atoms with E-state index in [-0.39, 0.29) is 0 Å². The van der Waals surface area contributed by atoms with Crippen LogP contribution in [-0.4, -0.2) is 37.1 Å². The van der Waals surface area contributed by atoms with Crippen LogP contribution in [0.1, 0.15) is 0 Å². The topological polar surface area (TPSA) is 25.4 Å². The molecule has 90 valence electrons. The van der Waals surface area contributed by atoms with E-state index in [0.29, 0.717) is 16.7 Å². The number of halogens is 3. The molecule has 1 aromatic heterocycles. The number of methoxy groups -OCH3 is 1. The summed E-state index contributed by atoms with van der Waals surface area (Å²) < 4.78 is 5.05. The maximum atomic E-state index is 6.09. The molecule has 0 unspecified atom stereocenters. The van der Waals surface area contributed by atoms with Gasteiger partial charge >= 0.3 is 0 Å². The second-order valence-electron chi connectivity index (χ2n) is 3.13. The van der Waals surface area contributed by atoms with Crippen LogP contribution >= 0.6 is 39.1 Å². The zero-order chi connectivity index (χ0) is 12.0. The lowest BCUT2D eigenvalue weighted by atomic mass is 10.4. The third-order valence-electron chi connectivity index (χ3n) is 2.01. The number of alkyl halides is 1. The zero-order valence-electron chi connectivity index (χ0n) is 8.92. The van der Waals surface area contributed by atoms with Crippen molar-refractivity contribution in [3.8, 4) is 0 Å². The van der Waals surface area contributed by atoms with Gasteiger partial charge in [-0.1, -0.05) is 39.1 Å². The van der Waals surface area contributed by atoms with Crippen molar-refractivity contribution in [2.75, 3.05) is 37.0 Å². The number of nitrogens with zero attached hydrogens (tertiary/aromatic N) is 2. The molecule has 0 spiro atoms. The Balaban J connectivity index is 2.82. The van der Waals surface area contributed by atoms with Gasteiger partial charge in [0.2, 0.25) is 0 Å². The standard InChI is InChI=1S/C10H13BrCl2N2O/c1-16-5-4-15(3-2-11)10-9(13)6-8(12)7-14-10/h6-7H,2-5H2,1H3. The fourth-order valence-corrected chi connectivity index (χ4v) is 2.19. The average molecular weight is 328 g/mol. The number of ether oxygens (including phenoxy) is 1. The molecule has 0 atom stereocenters. The van der Waals surface area contributed by atoms with E-state index in [2.05, 4.69) is 25.8 Å². The molecule has 1 heterocycles. The summed E-state index contributed by atoms with van der Waals surface area (Å²) in [6, 6.07) is 1.69. The number of anilines is 1. The van der Waals surface area contributed by atoms with E-state index in [1.54, 1.807) is 19.4 Å². The molecule has 6 heteroatoms. The summed E-state index contributed by atoms with van der Waals surface area (Å²) in [5.74, 6) is 0.738. The lowest BCUT2D eigenvalue weighted by Gasteiger charge is -2.23. The highest BCUT2D eigenvalue weighted by Gasteiger charge is 2.11. The Labute approximate surface area is 114 Å². The van der Waals surface area contributed by atoms with Gasteiger partial charge in [0.1, 0.15) is 5.82 Å². The van der Waals surface area contributed by atoms with Crippen molar-refractivity contribution in [3.63, 3.8) is 0 Å². The van der Waals surface area contributed by atoms with E-state index >= 15 is 0 Å². The maximum absolute atomic E-state index is 6.09. The van der Waals surface area contributed by atoms with Crippen molar-refractivity contribution in [2.45, 2.75) is 0 Å². The predicted octanol–water partition coefficient (Wildman–Crippen LogP) is 3.24. The Kier molecular flexibility index (Phi) is 6.43. The smallest absolute Gasteiger partial charge is 0.147 e. The van der Waals surface area contributed by atoms with Gasteiger partial charge in [-0.3, -0.25) is 0 Å². The van der Waals surface area contributed by atoms with Crippen molar-refractivity contribution >= 4 is 44.9 Å². The number of pyridine rings is 1. The molecule has 1 aromatic rings. The minimum absolute atomic E-state index is 0.541. The van der Waals surface area contributed by atoms with Crippen LogP contribution < -0.4 is 4.90 Å². The van der Waals surface area contributed by atoms with E-state index < -0.39 is 0 Å². The quantitative estimate of drug-likeness (QED) is 0.750. The molecule has 0 saturated heterocycles. The van der Waals surface area contributed by atoms with Crippen molar-refractivity contribution in [3.05, 3.63) is 22.3 Å². The van der Waals surface area contributed by atoms with Crippen LogP contribution in [0.15, 0.2) is 12.3 Å². The summed E-state index contributed by atoms with van der Waals surface area (Å²) in [5, 5.41) is 1.95. The van der Waals surface area contributed by atoms with Crippen LogP contribution in [0.5, 0.6) is 0 Å². The molecule has 3 nitrogen and oxygen atoms in total. The third-order valence-corrected chi connectivity index (χ3v) is 2.85. The molecular weight excluding hydrogens is 315 g/mol. The maximum Gasteiger partial charge on any atom is 0.147 e. The van der Waals surface area contributed by atoms with Gasteiger partial charge < -0.3 is 9.64 Å². The van der Waals surface area contributed by atoms with Gasteiger partial charge in [0, 0.05) is 31.7 Å². The first-order valence-electron chi connectivity index (χ1n) is 4.80. The Bertz CT molecular complexity index is 339. The molecule has 0 saturated carbocycles. The van der Waals surface area contributed by atoms with Gasteiger partial charge in [-0.25, -0.2) is 4.98 Å². The molecule has 1 rings (SSSR count). The monoisotopic (exact) mass is 326 g/mol. The lowest BCUT2D eigenvalue weighted by molar-refractivity contribution is 0.205. The number of hydrogen-bond acceptors (Lipinski definition) is 3. The van der Waals surface area contributed by atoms with Crippen LogP contribution in [0.4, 0.5) is 5.82 Å². The molecule has 0 amide bonds. The fourth-order valence-electron chi connectivity index (χ4n) is 1.27. The second-order valence-corrected chi connectivity index (χ2v) is 4.76. The molecule has 0 bridgehead atoms. The van der Waals surface area contributed by atoms with Crippen molar-refractivity contribution in [1.29, 1.82) is 0 Å². The van der Waals surface area contributed by atoms with Crippen LogP contribution in [0.3, 0.4) is 0 Å². The minimum Gasteiger partial charge on any atom is -0.383 e. The Morgan fingerprint density at radius 3 is 2.75 bits per heavy atom. The van der Waals surface area contributed by atoms with E-state index in [0.717, 1.165) is 24.2 Å². The molecule has 0 aliphatic rings. The highest BCUT2D eigenvalue weighted by atomic mass is 79.9. The van der Waals surface area contributed by atoms with Gasteiger partial charge in [0.05, 0.1) is 16.7 Å². The van der Waals surface area contributed by atoms with Crippen molar-refractivity contribution in [1.82, 2.24) is 4.98 Å². The summed E-state index contributed by atoms with van der Waals surface area (Å²) in [6.07, 6.45) is 1.59. The minimum atomic E-state index is 0.541. The van der Waals surface area contributed by atoms with Gasteiger partial charge in [0.15, 0.2) is 0 Å². The number of hydrogen-bond donors (Lipinski definition) is 0. The van der Waals surface area contributed by atoms with Crippen LogP contribution in [0.2, 0.25) is 10.0 Å². The van der Waals surface area contributed by atoms with E-state index in [9.17, 15) is 0 Å². The van der Waals surface area contributed by atoms with Gasteiger partial charge in [-0.15, -0.1) is 0 Å². The lowest BCUT2D eigenvalue weighted by Crippen LogP contribution is -2.30. The van der Waals surface area contributed by atoms with E-state index in [1.165, 1.54) is 0 Å². The van der Waals surface area contributed by atoms with Crippen LogP contribution in [0.25, 0.3) is 0 Å². The zero-order valence-corrected chi connectivity index (χ0v) is 12.0. The second kappa shape index (κ2) is 7.33. The summed E-state index contributed by atoms with van der Waals surface area (Å²) in [4.78, 5) is 6.29. The molecule has 0 aromatic carbocycles. The molecule has 0 aliphatic carbocycles. The molecule has 0 aliphatic heterocycles. The highest BCUT2D eigenvalue weighted by molar-refractivity contribution is 9.09.